The van der Waals surface area contributed by atoms with Crippen molar-refractivity contribution < 1.29 is 9.90 Å². The summed E-state index contributed by atoms with van der Waals surface area (Å²) in [5.41, 5.74) is 3.57. The van der Waals surface area contributed by atoms with Crippen LogP contribution in [0.15, 0.2) is 6.07 Å². The molecule has 1 N–H and O–H groups in total. The van der Waals surface area contributed by atoms with Crippen LogP contribution in [0.5, 0.6) is 5.75 Å². The van der Waals surface area contributed by atoms with E-state index < -0.39 is 0 Å². The molecule has 16 heavy (non-hydrogen) atoms. The lowest BCUT2D eigenvalue weighted by Gasteiger charge is -2.23. The molecule has 0 heterocycles. The number of fused-ring (bicyclic) bond motifs is 1. The molecule has 2 heteroatoms. The zero-order valence-corrected chi connectivity index (χ0v) is 10.1. The fraction of sp³-hybridized carbons (Fsp3) is 0.500. The lowest BCUT2D eigenvalue weighted by Crippen LogP contribution is -2.13. The molecule has 0 fully saturated rings. The van der Waals surface area contributed by atoms with Crippen molar-refractivity contribution in [3.05, 3.63) is 28.3 Å². The van der Waals surface area contributed by atoms with Gasteiger partial charge in [0, 0.05) is 11.1 Å². The molecule has 1 aliphatic carbocycles. The Hall–Kier alpha value is -1.31. The van der Waals surface area contributed by atoms with E-state index in [1.54, 1.807) is 0 Å². The van der Waals surface area contributed by atoms with Gasteiger partial charge in [-0.05, 0) is 41.9 Å². The number of phenolic OH excluding ortho intramolecular Hbond substituents is 1. The van der Waals surface area contributed by atoms with Crippen LogP contribution in [-0.4, -0.2) is 11.4 Å². The Kier molecular flexibility index (Phi) is 2.53. The maximum absolute atomic E-state index is 11.1. The molecular weight excluding hydrogens is 200 g/mol. The van der Waals surface area contributed by atoms with Crippen molar-refractivity contribution in [2.75, 3.05) is 0 Å². The predicted octanol–water partition coefficient (Wildman–Crippen LogP) is 2.99. The first-order chi connectivity index (χ1) is 7.45. The van der Waals surface area contributed by atoms with Crippen LogP contribution in [-0.2, 0) is 18.3 Å². The van der Waals surface area contributed by atoms with Gasteiger partial charge in [0.15, 0.2) is 0 Å². The van der Waals surface area contributed by atoms with E-state index >= 15 is 0 Å². The van der Waals surface area contributed by atoms with E-state index in [0.29, 0.717) is 5.75 Å². The number of hydrogen-bond donors (Lipinski definition) is 1. The summed E-state index contributed by atoms with van der Waals surface area (Å²) in [6.45, 7) is 6.16. The number of aldehydes is 1. The fourth-order valence-corrected chi connectivity index (χ4v) is 2.47. The van der Waals surface area contributed by atoms with E-state index in [1.165, 1.54) is 0 Å². The van der Waals surface area contributed by atoms with Gasteiger partial charge in [-0.25, -0.2) is 0 Å². The zero-order valence-electron chi connectivity index (χ0n) is 10.1. The van der Waals surface area contributed by atoms with Crippen molar-refractivity contribution in [3.63, 3.8) is 0 Å². The van der Waals surface area contributed by atoms with Crippen molar-refractivity contribution in [1.82, 2.24) is 0 Å². The SMILES string of the molecule is CC(C)(C)c1cc(C=O)c2c(c1O)CCC2. The molecule has 2 rings (SSSR count). The molecule has 0 saturated carbocycles. The minimum atomic E-state index is -0.126. The summed E-state index contributed by atoms with van der Waals surface area (Å²) in [6, 6.07) is 1.85. The molecule has 86 valence electrons. The van der Waals surface area contributed by atoms with Gasteiger partial charge >= 0.3 is 0 Å². The van der Waals surface area contributed by atoms with E-state index in [4.69, 9.17) is 0 Å². The molecule has 1 aromatic carbocycles. The number of benzene rings is 1. The first-order valence-electron chi connectivity index (χ1n) is 5.78. The van der Waals surface area contributed by atoms with Crippen molar-refractivity contribution in [1.29, 1.82) is 0 Å². The van der Waals surface area contributed by atoms with Gasteiger partial charge in [0.1, 0.15) is 12.0 Å². The van der Waals surface area contributed by atoms with E-state index in [-0.39, 0.29) is 5.41 Å². The Morgan fingerprint density at radius 1 is 1.25 bits per heavy atom. The van der Waals surface area contributed by atoms with Crippen LogP contribution in [0.25, 0.3) is 0 Å². The molecule has 0 radical (unpaired) electrons. The summed E-state index contributed by atoms with van der Waals surface area (Å²) in [6.07, 6.45) is 3.77. The van der Waals surface area contributed by atoms with Gasteiger partial charge in [0.05, 0.1) is 0 Å². The number of rotatable bonds is 1. The Balaban J connectivity index is 2.70. The maximum atomic E-state index is 11.1. The third kappa shape index (κ3) is 1.62. The molecule has 0 saturated heterocycles. The second-order valence-corrected chi connectivity index (χ2v) is 5.54. The average Bonchev–Trinajstić information content (AvgIpc) is 2.65. The van der Waals surface area contributed by atoms with E-state index in [2.05, 4.69) is 20.8 Å². The molecule has 0 aromatic heterocycles. The molecule has 0 amide bonds. The smallest absolute Gasteiger partial charge is 0.150 e. The normalized spacial score (nSPS) is 14.9. The number of phenols is 1. The number of hydrogen-bond acceptors (Lipinski definition) is 2. The molecule has 1 aromatic rings. The first kappa shape index (κ1) is 11.2. The average molecular weight is 218 g/mol. The van der Waals surface area contributed by atoms with Crippen molar-refractivity contribution in [2.24, 2.45) is 0 Å². The zero-order chi connectivity index (χ0) is 11.9. The van der Waals surface area contributed by atoms with Crippen molar-refractivity contribution in [3.8, 4) is 5.75 Å². The van der Waals surface area contributed by atoms with Crippen LogP contribution in [0.3, 0.4) is 0 Å². The van der Waals surface area contributed by atoms with Crippen LogP contribution >= 0.6 is 0 Å². The van der Waals surface area contributed by atoms with E-state index in [0.717, 1.165) is 47.8 Å². The molecule has 0 spiro atoms. The van der Waals surface area contributed by atoms with Crippen molar-refractivity contribution in [2.45, 2.75) is 45.4 Å². The Bertz CT molecular complexity index is 439. The van der Waals surface area contributed by atoms with Crippen LogP contribution < -0.4 is 0 Å². The Labute approximate surface area is 96.3 Å². The summed E-state index contributed by atoms with van der Waals surface area (Å²) >= 11 is 0. The highest BCUT2D eigenvalue weighted by molar-refractivity contribution is 5.80. The summed E-state index contributed by atoms with van der Waals surface area (Å²) in [5.74, 6) is 0.408. The van der Waals surface area contributed by atoms with Crippen LogP contribution in [0, 0.1) is 0 Å². The summed E-state index contributed by atoms with van der Waals surface area (Å²) in [5, 5.41) is 10.2. The lowest BCUT2D eigenvalue weighted by molar-refractivity contribution is 0.112. The maximum Gasteiger partial charge on any atom is 0.150 e. The molecule has 0 unspecified atom stereocenters. The molecule has 1 aliphatic rings. The highest BCUT2D eigenvalue weighted by Gasteiger charge is 2.26. The van der Waals surface area contributed by atoms with E-state index in [9.17, 15) is 9.90 Å². The standard InChI is InChI=1S/C14H18O2/c1-14(2,3)12-7-9(8-15)10-5-4-6-11(10)13(12)16/h7-8,16H,4-6H2,1-3H3. The van der Waals surface area contributed by atoms with Gasteiger partial charge in [-0.3, -0.25) is 4.79 Å². The van der Waals surface area contributed by atoms with Crippen LogP contribution in [0.1, 0.15) is 54.2 Å². The monoisotopic (exact) mass is 218 g/mol. The number of carbonyl (C=O) groups excluding carboxylic acids is 1. The minimum Gasteiger partial charge on any atom is -0.507 e. The molecule has 0 aliphatic heterocycles. The minimum absolute atomic E-state index is 0.126. The Morgan fingerprint density at radius 3 is 2.44 bits per heavy atom. The van der Waals surface area contributed by atoms with Gasteiger partial charge in [-0.15, -0.1) is 0 Å². The highest BCUT2D eigenvalue weighted by Crippen LogP contribution is 2.40. The number of carbonyl (C=O) groups is 1. The Morgan fingerprint density at radius 2 is 1.88 bits per heavy atom. The molecular formula is C14H18O2. The third-order valence-electron chi connectivity index (χ3n) is 3.34. The second-order valence-electron chi connectivity index (χ2n) is 5.54. The number of aromatic hydroxyl groups is 1. The van der Waals surface area contributed by atoms with Gasteiger partial charge in [-0.1, -0.05) is 20.8 Å². The lowest BCUT2D eigenvalue weighted by atomic mass is 9.83. The first-order valence-corrected chi connectivity index (χ1v) is 5.78. The largest absolute Gasteiger partial charge is 0.507 e. The fourth-order valence-electron chi connectivity index (χ4n) is 2.47. The molecule has 0 bridgehead atoms. The topological polar surface area (TPSA) is 37.3 Å². The van der Waals surface area contributed by atoms with Crippen LogP contribution in [0.2, 0.25) is 0 Å². The quantitative estimate of drug-likeness (QED) is 0.736. The van der Waals surface area contributed by atoms with Gasteiger partial charge < -0.3 is 5.11 Å². The predicted molar refractivity (Wildman–Crippen MR) is 64.2 cm³/mol. The second kappa shape index (κ2) is 3.62. The van der Waals surface area contributed by atoms with Gasteiger partial charge in [0.25, 0.3) is 0 Å². The summed E-state index contributed by atoms with van der Waals surface area (Å²) in [7, 11) is 0. The molecule has 0 atom stereocenters. The van der Waals surface area contributed by atoms with Gasteiger partial charge in [0.2, 0.25) is 0 Å². The molecule has 2 nitrogen and oxygen atoms in total. The highest BCUT2D eigenvalue weighted by atomic mass is 16.3. The third-order valence-corrected chi connectivity index (χ3v) is 3.34. The van der Waals surface area contributed by atoms with Gasteiger partial charge in [-0.2, -0.15) is 0 Å². The summed E-state index contributed by atoms with van der Waals surface area (Å²) in [4.78, 5) is 11.1. The summed E-state index contributed by atoms with van der Waals surface area (Å²) < 4.78 is 0. The van der Waals surface area contributed by atoms with Crippen molar-refractivity contribution >= 4 is 6.29 Å². The van der Waals surface area contributed by atoms with Crippen LogP contribution in [0.4, 0.5) is 0 Å². The van der Waals surface area contributed by atoms with E-state index in [1.807, 2.05) is 6.07 Å².